The molecule has 0 unspecified atom stereocenters. The molecule has 2 bridgehead atoms. The summed E-state index contributed by atoms with van der Waals surface area (Å²) in [6.45, 7) is 0. The van der Waals surface area contributed by atoms with E-state index in [1.807, 2.05) is 0 Å². The van der Waals surface area contributed by atoms with Crippen LogP contribution in [0, 0.1) is 17.8 Å². The second-order valence-electron chi connectivity index (χ2n) is 5.96. The van der Waals surface area contributed by atoms with E-state index in [2.05, 4.69) is 0 Å². The van der Waals surface area contributed by atoms with Gasteiger partial charge in [-0.25, -0.2) is 0 Å². The number of aliphatic hydroxyl groups is 2. The Kier molecular flexibility index (Phi) is 2.33. The van der Waals surface area contributed by atoms with E-state index in [9.17, 15) is 10.2 Å². The largest absolute Gasteiger partial charge is 0.392 e. The third-order valence-corrected chi connectivity index (χ3v) is 5.30. The Labute approximate surface area is 91.7 Å². The van der Waals surface area contributed by atoms with E-state index in [1.54, 1.807) is 0 Å². The minimum absolute atomic E-state index is 0.190. The fraction of sp³-hybridized carbons (Fsp3) is 1.00. The molecule has 0 heterocycles. The summed E-state index contributed by atoms with van der Waals surface area (Å²) in [5.41, 5.74) is -0.505. The van der Waals surface area contributed by atoms with Crippen LogP contribution in [-0.2, 0) is 0 Å². The van der Waals surface area contributed by atoms with Gasteiger partial charge in [-0.05, 0) is 43.9 Å². The molecule has 3 saturated carbocycles. The highest BCUT2D eigenvalue weighted by atomic mass is 16.3. The summed E-state index contributed by atoms with van der Waals surface area (Å²) in [5, 5.41) is 21.0. The van der Waals surface area contributed by atoms with Gasteiger partial charge in [-0.3, -0.25) is 0 Å². The molecule has 2 heteroatoms. The van der Waals surface area contributed by atoms with Crippen LogP contribution in [0.15, 0.2) is 0 Å². The maximum atomic E-state index is 10.8. The Bertz CT molecular complexity index is 253. The summed E-state index contributed by atoms with van der Waals surface area (Å²) in [5.74, 6) is 1.17. The second kappa shape index (κ2) is 3.46. The number of hydrogen-bond donors (Lipinski definition) is 2. The van der Waals surface area contributed by atoms with Gasteiger partial charge in [-0.1, -0.05) is 19.3 Å². The lowest BCUT2D eigenvalue weighted by atomic mass is 9.54. The predicted octanol–water partition coefficient (Wildman–Crippen LogP) is 2.09. The van der Waals surface area contributed by atoms with Crippen molar-refractivity contribution in [2.24, 2.45) is 17.8 Å². The summed E-state index contributed by atoms with van der Waals surface area (Å²) in [6.07, 6.45) is 8.87. The highest BCUT2D eigenvalue weighted by molar-refractivity contribution is 5.05. The monoisotopic (exact) mass is 210 g/mol. The molecule has 0 aromatic rings. The second-order valence-corrected chi connectivity index (χ2v) is 5.96. The normalized spacial score (nSPS) is 54.8. The van der Waals surface area contributed by atoms with Gasteiger partial charge in [0.1, 0.15) is 0 Å². The van der Waals surface area contributed by atoms with Crippen LogP contribution in [0.3, 0.4) is 0 Å². The van der Waals surface area contributed by atoms with Crippen LogP contribution in [0.5, 0.6) is 0 Å². The van der Waals surface area contributed by atoms with Gasteiger partial charge in [0.05, 0.1) is 11.7 Å². The van der Waals surface area contributed by atoms with Crippen LogP contribution in [0.25, 0.3) is 0 Å². The molecule has 3 fully saturated rings. The van der Waals surface area contributed by atoms with Crippen molar-refractivity contribution in [2.75, 3.05) is 0 Å². The quantitative estimate of drug-likeness (QED) is 0.642. The smallest absolute Gasteiger partial charge is 0.0728 e. The minimum atomic E-state index is -0.505. The van der Waals surface area contributed by atoms with Crippen molar-refractivity contribution in [3.8, 4) is 0 Å². The molecule has 0 spiro atoms. The van der Waals surface area contributed by atoms with Gasteiger partial charge in [0.15, 0.2) is 0 Å². The molecular weight excluding hydrogens is 188 g/mol. The van der Waals surface area contributed by atoms with Crippen molar-refractivity contribution in [3.05, 3.63) is 0 Å². The molecule has 0 aromatic carbocycles. The zero-order chi connectivity index (χ0) is 10.5. The van der Waals surface area contributed by atoms with Crippen LogP contribution >= 0.6 is 0 Å². The van der Waals surface area contributed by atoms with E-state index in [-0.39, 0.29) is 12.0 Å². The first-order valence-electron chi connectivity index (χ1n) is 6.62. The molecule has 2 N–H and O–H groups in total. The molecule has 0 radical (unpaired) electrons. The number of aliphatic hydroxyl groups excluding tert-OH is 1. The molecule has 3 aliphatic carbocycles. The summed E-state index contributed by atoms with van der Waals surface area (Å²) in [6, 6.07) is 0. The molecule has 0 aromatic heterocycles. The Morgan fingerprint density at radius 1 is 1.00 bits per heavy atom. The van der Waals surface area contributed by atoms with Gasteiger partial charge < -0.3 is 10.2 Å². The number of hydrogen-bond acceptors (Lipinski definition) is 2. The SMILES string of the molecule is O[C@H]1[C@@H]2CCC[C@@H]1[C@]1(O)CCCC[C@@H]1C2. The van der Waals surface area contributed by atoms with Crippen molar-refractivity contribution in [3.63, 3.8) is 0 Å². The average molecular weight is 210 g/mol. The Morgan fingerprint density at radius 2 is 1.87 bits per heavy atom. The first-order chi connectivity index (χ1) is 7.22. The zero-order valence-electron chi connectivity index (χ0n) is 9.36. The maximum absolute atomic E-state index is 10.8. The van der Waals surface area contributed by atoms with Crippen molar-refractivity contribution in [1.29, 1.82) is 0 Å². The van der Waals surface area contributed by atoms with E-state index in [0.717, 1.165) is 25.7 Å². The van der Waals surface area contributed by atoms with Crippen LogP contribution < -0.4 is 0 Å². The Morgan fingerprint density at radius 3 is 2.73 bits per heavy atom. The van der Waals surface area contributed by atoms with Crippen molar-refractivity contribution >= 4 is 0 Å². The van der Waals surface area contributed by atoms with E-state index in [4.69, 9.17) is 0 Å². The van der Waals surface area contributed by atoms with E-state index in [1.165, 1.54) is 25.7 Å². The Balaban J connectivity index is 1.90. The molecular formula is C13H22O2. The van der Waals surface area contributed by atoms with Crippen molar-refractivity contribution in [1.82, 2.24) is 0 Å². The van der Waals surface area contributed by atoms with E-state index < -0.39 is 5.60 Å². The predicted molar refractivity (Wildman–Crippen MR) is 58.4 cm³/mol. The molecule has 2 nitrogen and oxygen atoms in total. The lowest BCUT2D eigenvalue weighted by molar-refractivity contribution is -0.191. The van der Waals surface area contributed by atoms with Crippen LogP contribution in [0.2, 0.25) is 0 Å². The lowest BCUT2D eigenvalue weighted by Crippen LogP contribution is -2.59. The van der Waals surface area contributed by atoms with Gasteiger partial charge in [0, 0.05) is 5.92 Å². The van der Waals surface area contributed by atoms with Gasteiger partial charge >= 0.3 is 0 Å². The molecule has 0 amide bonds. The third kappa shape index (κ3) is 1.38. The third-order valence-electron chi connectivity index (χ3n) is 5.30. The average Bonchev–Trinajstić information content (AvgIpc) is 2.21. The van der Waals surface area contributed by atoms with Gasteiger partial charge in [0.2, 0.25) is 0 Å². The molecule has 15 heavy (non-hydrogen) atoms. The summed E-state index contributed by atoms with van der Waals surface area (Å²) in [7, 11) is 0. The first-order valence-corrected chi connectivity index (χ1v) is 6.62. The molecule has 86 valence electrons. The minimum Gasteiger partial charge on any atom is -0.392 e. The molecule has 0 saturated heterocycles. The fourth-order valence-electron chi connectivity index (χ4n) is 4.50. The lowest BCUT2D eigenvalue weighted by Gasteiger charge is -2.55. The first kappa shape index (κ1) is 10.1. The topological polar surface area (TPSA) is 40.5 Å². The van der Waals surface area contributed by atoms with Crippen LogP contribution in [-0.4, -0.2) is 21.9 Å². The van der Waals surface area contributed by atoms with Crippen LogP contribution in [0.1, 0.15) is 51.4 Å². The number of fused-ring (bicyclic) bond motifs is 4. The van der Waals surface area contributed by atoms with Crippen molar-refractivity contribution < 1.29 is 10.2 Å². The summed E-state index contributed by atoms with van der Waals surface area (Å²) >= 11 is 0. The number of rotatable bonds is 0. The van der Waals surface area contributed by atoms with Crippen LogP contribution in [0.4, 0.5) is 0 Å². The standard InChI is InChI=1S/C13H22O2/c14-12-9-4-3-6-11(12)13(15)7-2-1-5-10(13)8-9/h9-12,14-15H,1-8H2/t9-,10-,11+,12+,13+/m1/s1. The van der Waals surface area contributed by atoms with Gasteiger partial charge in [-0.2, -0.15) is 0 Å². The van der Waals surface area contributed by atoms with Gasteiger partial charge in [0.25, 0.3) is 0 Å². The van der Waals surface area contributed by atoms with E-state index >= 15 is 0 Å². The van der Waals surface area contributed by atoms with Gasteiger partial charge in [-0.15, -0.1) is 0 Å². The maximum Gasteiger partial charge on any atom is 0.0728 e. The summed E-state index contributed by atoms with van der Waals surface area (Å²) in [4.78, 5) is 0. The Hall–Kier alpha value is -0.0800. The molecule has 3 rings (SSSR count). The summed E-state index contributed by atoms with van der Waals surface area (Å²) < 4.78 is 0. The van der Waals surface area contributed by atoms with Crippen molar-refractivity contribution in [2.45, 2.75) is 63.1 Å². The molecule has 3 aliphatic rings. The zero-order valence-corrected chi connectivity index (χ0v) is 9.36. The highest BCUT2D eigenvalue weighted by Crippen LogP contribution is 2.53. The fourth-order valence-corrected chi connectivity index (χ4v) is 4.50. The van der Waals surface area contributed by atoms with E-state index in [0.29, 0.717) is 11.8 Å². The molecule has 5 atom stereocenters. The molecule has 0 aliphatic heterocycles. The highest BCUT2D eigenvalue weighted by Gasteiger charge is 2.54.